The largest absolute Gasteiger partial charge is 0.330 e. The zero-order chi connectivity index (χ0) is 14.3. The second-order valence-corrected chi connectivity index (χ2v) is 4.56. The van der Waals surface area contributed by atoms with Crippen LogP contribution in [0.5, 0.6) is 0 Å². The Morgan fingerprint density at radius 2 is 2.00 bits per heavy atom. The van der Waals surface area contributed by atoms with Crippen LogP contribution in [0.4, 0.5) is 8.78 Å². The molecule has 0 saturated heterocycles. The van der Waals surface area contributed by atoms with E-state index in [2.05, 4.69) is 4.98 Å². The minimum atomic E-state index is -0.622. The van der Waals surface area contributed by atoms with Crippen molar-refractivity contribution in [1.82, 2.24) is 9.55 Å². The molecule has 0 aliphatic rings. The number of rotatable bonds is 1. The molecule has 0 spiro atoms. The van der Waals surface area contributed by atoms with Crippen LogP contribution in [0.15, 0.2) is 36.4 Å². The van der Waals surface area contributed by atoms with Crippen molar-refractivity contribution in [2.45, 2.75) is 0 Å². The molecule has 1 heterocycles. The summed E-state index contributed by atoms with van der Waals surface area (Å²) >= 11 is 5.18. The van der Waals surface area contributed by atoms with Crippen LogP contribution < -0.4 is 0 Å². The number of fused-ring (bicyclic) bond motifs is 1. The Labute approximate surface area is 117 Å². The van der Waals surface area contributed by atoms with Gasteiger partial charge in [0.1, 0.15) is 23.3 Å². The van der Waals surface area contributed by atoms with Gasteiger partial charge < -0.3 is 4.98 Å². The zero-order valence-corrected chi connectivity index (χ0v) is 10.8. The van der Waals surface area contributed by atoms with Gasteiger partial charge in [-0.25, -0.2) is 8.78 Å². The number of H-pyrrole nitrogens is 1. The summed E-state index contributed by atoms with van der Waals surface area (Å²) in [5, 5.41) is 9.10. The fraction of sp³-hybridized carbons (Fsp3) is 0. The second kappa shape index (κ2) is 4.54. The third kappa shape index (κ3) is 1.80. The van der Waals surface area contributed by atoms with Crippen LogP contribution in [0.1, 0.15) is 5.56 Å². The summed E-state index contributed by atoms with van der Waals surface area (Å²) in [7, 11) is 0. The Kier molecular flexibility index (Phi) is 2.84. The van der Waals surface area contributed by atoms with E-state index in [0.29, 0.717) is 16.7 Å². The highest BCUT2D eigenvalue weighted by molar-refractivity contribution is 7.71. The summed E-state index contributed by atoms with van der Waals surface area (Å²) < 4.78 is 28.7. The molecule has 98 valence electrons. The van der Waals surface area contributed by atoms with Gasteiger partial charge in [-0.1, -0.05) is 6.07 Å². The van der Waals surface area contributed by atoms with Crippen molar-refractivity contribution >= 4 is 23.3 Å². The number of imidazole rings is 1. The maximum Gasteiger partial charge on any atom is 0.182 e. The first-order chi connectivity index (χ1) is 9.61. The first-order valence-corrected chi connectivity index (χ1v) is 6.12. The molecule has 3 nitrogen and oxygen atoms in total. The molecule has 20 heavy (non-hydrogen) atoms. The fourth-order valence-corrected chi connectivity index (χ4v) is 2.44. The van der Waals surface area contributed by atoms with Gasteiger partial charge >= 0.3 is 0 Å². The number of benzene rings is 2. The lowest BCUT2D eigenvalue weighted by atomic mass is 10.1. The van der Waals surface area contributed by atoms with E-state index in [1.54, 1.807) is 6.07 Å². The maximum atomic E-state index is 13.7. The van der Waals surface area contributed by atoms with Crippen molar-refractivity contribution in [2.75, 3.05) is 0 Å². The summed E-state index contributed by atoms with van der Waals surface area (Å²) in [6.45, 7) is 0. The van der Waals surface area contributed by atoms with E-state index < -0.39 is 11.6 Å². The molecule has 1 N–H and O–H groups in total. The summed E-state index contributed by atoms with van der Waals surface area (Å²) in [5.74, 6) is -1.02. The van der Waals surface area contributed by atoms with Gasteiger partial charge in [-0.05, 0) is 42.5 Å². The van der Waals surface area contributed by atoms with Crippen molar-refractivity contribution in [2.24, 2.45) is 0 Å². The predicted octanol–water partition coefficient (Wildman–Crippen LogP) is 3.84. The van der Waals surface area contributed by atoms with E-state index in [1.165, 1.54) is 34.9 Å². The van der Waals surface area contributed by atoms with Crippen LogP contribution in [-0.2, 0) is 0 Å². The average Bonchev–Trinajstić information content (AvgIpc) is 2.73. The molecular weight excluding hydrogens is 280 g/mol. The third-order valence-corrected chi connectivity index (χ3v) is 3.27. The SMILES string of the molecule is N#Cc1c(F)cccc1-n1c(=S)[nH]c2cc(F)ccc21. The highest BCUT2D eigenvalue weighted by Crippen LogP contribution is 2.24. The summed E-state index contributed by atoms with van der Waals surface area (Å²) in [4.78, 5) is 2.84. The van der Waals surface area contributed by atoms with Gasteiger partial charge in [0.05, 0.1) is 16.7 Å². The molecule has 0 saturated carbocycles. The molecule has 0 aliphatic heterocycles. The molecule has 6 heteroatoms. The monoisotopic (exact) mass is 287 g/mol. The van der Waals surface area contributed by atoms with Crippen LogP contribution in [-0.4, -0.2) is 9.55 Å². The van der Waals surface area contributed by atoms with Gasteiger partial charge in [0.15, 0.2) is 4.77 Å². The number of hydrogen-bond donors (Lipinski definition) is 1. The highest BCUT2D eigenvalue weighted by Gasteiger charge is 2.13. The van der Waals surface area contributed by atoms with Gasteiger partial charge in [0.2, 0.25) is 0 Å². The van der Waals surface area contributed by atoms with E-state index in [9.17, 15) is 8.78 Å². The van der Waals surface area contributed by atoms with Gasteiger partial charge in [0.25, 0.3) is 0 Å². The van der Waals surface area contributed by atoms with Gasteiger partial charge in [-0.2, -0.15) is 5.26 Å². The molecule has 2 aromatic carbocycles. The van der Waals surface area contributed by atoms with E-state index >= 15 is 0 Å². The van der Waals surface area contributed by atoms with Gasteiger partial charge in [-0.3, -0.25) is 4.57 Å². The molecule has 0 aliphatic carbocycles. The summed E-state index contributed by atoms with van der Waals surface area (Å²) in [6.07, 6.45) is 0. The topological polar surface area (TPSA) is 44.5 Å². The van der Waals surface area contributed by atoms with Crippen molar-refractivity contribution in [1.29, 1.82) is 5.26 Å². The molecule has 0 amide bonds. The minimum absolute atomic E-state index is 0.103. The Bertz CT molecular complexity index is 918. The van der Waals surface area contributed by atoms with Crippen LogP contribution in [0.25, 0.3) is 16.7 Å². The molecule has 3 rings (SSSR count). The number of nitrogens with one attached hydrogen (secondary N) is 1. The van der Waals surface area contributed by atoms with E-state index in [-0.39, 0.29) is 10.3 Å². The standard InChI is InChI=1S/C14H7F2N3S/c15-8-4-5-13-11(6-8)18-14(20)19(13)12-3-1-2-10(16)9(12)7-17/h1-6H,(H,18,20). The van der Waals surface area contributed by atoms with Gasteiger partial charge in [0, 0.05) is 0 Å². The third-order valence-electron chi connectivity index (χ3n) is 2.99. The Morgan fingerprint density at radius 3 is 2.75 bits per heavy atom. The fourth-order valence-electron chi connectivity index (χ4n) is 2.13. The number of nitrogens with zero attached hydrogens (tertiary/aromatic N) is 2. The first kappa shape index (κ1) is 12.5. The lowest BCUT2D eigenvalue weighted by Gasteiger charge is -2.07. The predicted molar refractivity (Wildman–Crippen MR) is 73.1 cm³/mol. The molecular formula is C14H7F2N3S. The smallest absolute Gasteiger partial charge is 0.182 e. The number of aromatic nitrogens is 2. The quantitative estimate of drug-likeness (QED) is 0.691. The Morgan fingerprint density at radius 1 is 1.20 bits per heavy atom. The average molecular weight is 287 g/mol. The summed E-state index contributed by atoms with van der Waals surface area (Å²) in [5.41, 5.74) is 1.30. The number of halogens is 2. The van der Waals surface area contributed by atoms with Crippen LogP contribution >= 0.6 is 12.2 Å². The zero-order valence-electron chi connectivity index (χ0n) is 10.0. The van der Waals surface area contributed by atoms with E-state index in [0.717, 1.165) is 0 Å². The van der Waals surface area contributed by atoms with Crippen LogP contribution in [0.2, 0.25) is 0 Å². The number of hydrogen-bond acceptors (Lipinski definition) is 2. The van der Waals surface area contributed by atoms with Crippen LogP contribution in [0, 0.1) is 27.7 Å². The molecule has 0 radical (unpaired) electrons. The van der Waals surface area contributed by atoms with E-state index in [1.807, 2.05) is 6.07 Å². The van der Waals surface area contributed by atoms with Crippen molar-refractivity contribution in [3.8, 4) is 11.8 Å². The van der Waals surface area contributed by atoms with Crippen LogP contribution in [0.3, 0.4) is 0 Å². The highest BCUT2D eigenvalue weighted by atomic mass is 32.1. The molecule has 0 bridgehead atoms. The Hall–Kier alpha value is -2.52. The molecule has 3 aromatic rings. The normalized spacial score (nSPS) is 10.7. The minimum Gasteiger partial charge on any atom is -0.330 e. The lowest BCUT2D eigenvalue weighted by molar-refractivity contribution is 0.622. The Balaban J connectivity index is 2.42. The van der Waals surface area contributed by atoms with Crippen molar-refractivity contribution < 1.29 is 8.78 Å². The second-order valence-electron chi connectivity index (χ2n) is 4.17. The lowest BCUT2D eigenvalue weighted by Crippen LogP contribution is -1.99. The molecule has 0 atom stereocenters. The van der Waals surface area contributed by atoms with Crippen molar-refractivity contribution in [3.05, 3.63) is 58.4 Å². The summed E-state index contributed by atoms with van der Waals surface area (Å²) in [6, 6.07) is 10.2. The van der Waals surface area contributed by atoms with Crippen molar-refractivity contribution in [3.63, 3.8) is 0 Å². The molecule has 0 fully saturated rings. The first-order valence-electron chi connectivity index (χ1n) is 5.71. The number of nitriles is 1. The number of aromatic amines is 1. The molecule has 0 unspecified atom stereocenters. The maximum absolute atomic E-state index is 13.7. The van der Waals surface area contributed by atoms with E-state index in [4.69, 9.17) is 17.5 Å². The molecule has 1 aromatic heterocycles. The van der Waals surface area contributed by atoms with Gasteiger partial charge in [-0.15, -0.1) is 0 Å².